The van der Waals surface area contributed by atoms with Crippen molar-refractivity contribution >= 4 is 11.9 Å². The van der Waals surface area contributed by atoms with Gasteiger partial charge < -0.3 is 14.4 Å². The standard InChI is InChI=1S/C15H17FN2O4/c1-10(14(19)18(2)8-4-7-17)22-15(20)12-6-5-11(21-3)9-13(12)16/h5-6,9-10H,4,8H2,1-3H3/t10-/m0/s1. The van der Waals surface area contributed by atoms with Gasteiger partial charge in [-0.3, -0.25) is 4.79 Å². The van der Waals surface area contributed by atoms with Crippen LogP contribution in [0.3, 0.4) is 0 Å². The molecule has 0 aliphatic rings. The third-order valence-corrected chi connectivity index (χ3v) is 2.96. The second kappa shape index (κ2) is 7.98. The average Bonchev–Trinajstić information content (AvgIpc) is 2.51. The first-order valence-corrected chi connectivity index (χ1v) is 6.57. The maximum atomic E-state index is 13.8. The predicted molar refractivity (Wildman–Crippen MR) is 75.7 cm³/mol. The van der Waals surface area contributed by atoms with E-state index in [0.29, 0.717) is 0 Å². The van der Waals surface area contributed by atoms with Gasteiger partial charge in [0, 0.05) is 19.7 Å². The van der Waals surface area contributed by atoms with E-state index in [1.165, 1.54) is 38.1 Å². The third-order valence-electron chi connectivity index (χ3n) is 2.96. The summed E-state index contributed by atoms with van der Waals surface area (Å²) in [6.07, 6.45) is -0.895. The van der Waals surface area contributed by atoms with E-state index in [1.54, 1.807) is 0 Å². The van der Waals surface area contributed by atoms with Crippen LogP contribution in [0.4, 0.5) is 4.39 Å². The van der Waals surface area contributed by atoms with Crippen molar-refractivity contribution in [2.75, 3.05) is 20.7 Å². The van der Waals surface area contributed by atoms with Crippen molar-refractivity contribution < 1.29 is 23.5 Å². The van der Waals surface area contributed by atoms with Crippen LogP contribution in [-0.4, -0.2) is 43.6 Å². The van der Waals surface area contributed by atoms with E-state index in [0.717, 1.165) is 6.07 Å². The molecule has 1 aromatic rings. The van der Waals surface area contributed by atoms with Crippen molar-refractivity contribution in [3.63, 3.8) is 0 Å². The highest BCUT2D eigenvalue weighted by molar-refractivity contribution is 5.92. The maximum Gasteiger partial charge on any atom is 0.341 e. The molecule has 6 nitrogen and oxygen atoms in total. The van der Waals surface area contributed by atoms with E-state index in [-0.39, 0.29) is 24.3 Å². The average molecular weight is 308 g/mol. The monoisotopic (exact) mass is 308 g/mol. The number of amides is 1. The zero-order chi connectivity index (χ0) is 16.7. The van der Waals surface area contributed by atoms with Gasteiger partial charge in [0.2, 0.25) is 0 Å². The number of halogens is 1. The van der Waals surface area contributed by atoms with Gasteiger partial charge in [-0.25, -0.2) is 9.18 Å². The molecule has 1 atom stereocenters. The van der Waals surface area contributed by atoms with Crippen molar-refractivity contribution in [3.8, 4) is 11.8 Å². The molecule has 1 amide bonds. The van der Waals surface area contributed by atoms with E-state index in [2.05, 4.69) is 0 Å². The Labute approximate surface area is 128 Å². The summed E-state index contributed by atoms with van der Waals surface area (Å²) in [6, 6.07) is 5.62. The van der Waals surface area contributed by atoms with Gasteiger partial charge in [-0.05, 0) is 19.1 Å². The number of ether oxygens (including phenoxy) is 2. The Balaban J connectivity index is 2.72. The highest BCUT2D eigenvalue weighted by Crippen LogP contribution is 2.17. The highest BCUT2D eigenvalue weighted by Gasteiger charge is 2.23. The van der Waals surface area contributed by atoms with Gasteiger partial charge in [-0.15, -0.1) is 0 Å². The summed E-state index contributed by atoms with van der Waals surface area (Å²) in [5, 5.41) is 8.48. The SMILES string of the molecule is COc1ccc(C(=O)O[C@@H](C)C(=O)N(C)CCC#N)c(F)c1. The fraction of sp³-hybridized carbons (Fsp3) is 0.400. The molecule has 1 aromatic carbocycles. The summed E-state index contributed by atoms with van der Waals surface area (Å²) in [6.45, 7) is 1.62. The predicted octanol–water partition coefficient (Wildman–Crippen LogP) is 1.75. The van der Waals surface area contributed by atoms with Crippen molar-refractivity contribution in [1.29, 1.82) is 5.26 Å². The van der Waals surface area contributed by atoms with Gasteiger partial charge in [0.05, 0.1) is 25.2 Å². The van der Waals surface area contributed by atoms with Gasteiger partial charge in [0.15, 0.2) is 6.10 Å². The molecule has 0 fully saturated rings. The lowest BCUT2D eigenvalue weighted by molar-refractivity contribution is -0.138. The minimum absolute atomic E-state index is 0.177. The quantitative estimate of drug-likeness (QED) is 0.748. The van der Waals surface area contributed by atoms with Crippen molar-refractivity contribution in [2.45, 2.75) is 19.4 Å². The molecular formula is C15H17FN2O4. The van der Waals surface area contributed by atoms with Crippen molar-refractivity contribution in [3.05, 3.63) is 29.6 Å². The number of esters is 1. The molecule has 0 saturated carbocycles. The first-order chi connectivity index (χ1) is 10.4. The number of carbonyl (C=O) groups excluding carboxylic acids is 2. The zero-order valence-electron chi connectivity index (χ0n) is 12.6. The zero-order valence-corrected chi connectivity index (χ0v) is 12.6. The summed E-state index contributed by atoms with van der Waals surface area (Å²) in [5.41, 5.74) is -0.278. The summed E-state index contributed by atoms with van der Waals surface area (Å²) >= 11 is 0. The van der Waals surface area contributed by atoms with E-state index in [1.807, 2.05) is 6.07 Å². The lowest BCUT2D eigenvalue weighted by Gasteiger charge is -2.20. The van der Waals surface area contributed by atoms with Crippen LogP contribution in [0.1, 0.15) is 23.7 Å². The fourth-order valence-electron chi connectivity index (χ4n) is 1.70. The molecule has 22 heavy (non-hydrogen) atoms. The van der Waals surface area contributed by atoms with Gasteiger partial charge in [-0.1, -0.05) is 0 Å². The Bertz CT molecular complexity index is 598. The number of carbonyl (C=O) groups is 2. The first-order valence-electron chi connectivity index (χ1n) is 6.57. The highest BCUT2D eigenvalue weighted by atomic mass is 19.1. The Morgan fingerprint density at radius 3 is 2.68 bits per heavy atom. The summed E-state index contributed by atoms with van der Waals surface area (Å²) < 4.78 is 23.6. The minimum Gasteiger partial charge on any atom is -0.497 e. The summed E-state index contributed by atoms with van der Waals surface area (Å²) in [5.74, 6) is -1.91. The molecule has 0 unspecified atom stereocenters. The lowest BCUT2D eigenvalue weighted by Crippen LogP contribution is -2.38. The van der Waals surface area contributed by atoms with Crippen LogP contribution in [0.25, 0.3) is 0 Å². The van der Waals surface area contributed by atoms with E-state index < -0.39 is 23.8 Å². The summed E-state index contributed by atoms with van der Waals surface area (Å²) in [4.78, 5) is 25.1. The number of hydrogen-bond donors (Lipinski definition) is 0. The third kappa shape index (κ3) is 4.45. The molecule has 0 N–H and O–H groups in total. The van der Waals surface area contributed by atoms with Crippen LogP contribution < -0.4 is 4.74 Å². The molecule has 7 heteroatoms. The number of methoxy groups -OCH3 is 1. The smallest absolute Gasteiger partial charge is 0.341 e. The molecule has 0 aliphatic carbocycles. The van der Waals surface area contributed by atoms with Crippen LogP contribution in [0, 0.1) is 17.1 Å². The molecule has 1 rings (SSSR count). The van der Waals surface area contributed by atoms with Gasteiger partial charge in [0.25, 0.3) is 5.91 Å². The molecule has 0 radical (unpaired) electrons. The number of benzene rings is 1. The van der Waals surface area contributed by atoms with Crippen LogP contribution >= 0.6 is 0 Å². The topological polar surface area (TPSA) is 79.6 Å². The lowest BCUT2D eigenvalue weighted by atomic mass is 10.2. The number of likely N-dealkylation sites (N-methyl/N-ethyl adjacent to an activating group) is 1. The van der Waals surface area contributed by atoms with Crippen LogP contribution in [0.15, 0.2) is 18.2 Å². The second-order valence-electron chi connectivity index (χ2n) is 4.56. The van der Waals surface area contributed by atoms with Gasteiger partial charge >= 0.3 is 5.97 Å². The first kappa shape index (κ1) is 17.4. The normalized spacial score (nSPS) is 11.2. The largest absolute Gasteiger partial charge is 0.497 e. The fourth-order valence-corrected chi connectivity index (χ4v) is 1.70. The molecular weight excluding hydrogens is 291 g/mol. The Hall–Kier alpha value is -2.62. The maximum absolute atomic E-state index is 13.8. The van der Waals surface area contributed by atoms with Crippen LogP contribution in [0.2, 0.25) is 0 Å². The van der Waals surface area contributed by atoms with E-state index in [4.69, 9.17) is 14.7 Å². The van der Waals surface area contributed by atoms with Crippen LogP contribution in [0.5, 0.6) is 5.75 Å². The number of rotatable bonds is 6. The molecule has 0 bridgehead atoms. The Morgan fingerprint density at radius 1 is 1.45 bits per heavy atom. The molecule has 0 aliphatic heterocycles. The molecule has 0 spiro atoms. The number of nitriles is 1. The second-order valence-corrected chi connectivity index (χ2v) is 4.56. The van der Waals surface area contributed by atoms with E-state index >= 15 is 0 Å². The molecule has 0 saturated heterocycles. The molecule has 0 aromatic heterocycles. The Morgan fingerprint density at radius 2 is 2.14 bits per heavy atom. The minimum atomic E-state index is -1.07. The Kier molecular flexibility index (Phi) is 6.32. The van der Waals surface area contributed by atoms with Crippen molar-refractivity contribution in [1.82, 2.24) is 4.90 Å². The number of hydrogen-bond acceptors (Lipinski definition) is 5. The summed E-state index contributed by atoms with van der Waals surface area (Å²) in [7, 11) is 2.88. The number of nitrogens with zero attached hydrogens (tertiary/aromatic N) is 2. The van der Waals surface area contributed by atoms with Crippen LogP contribution in [-0.2, 0) is 9.53 Å². The molecule has 118 valence electrons. The van der Waals surface area contributed by atoms with E-state index in [9.17, 15) is 14.0 Å². The van der Waals surface area contributed by atoms with Gasteiger partial charge in [-0.2, -0.15) is 5.26 Å². The molecule has 0 heterocycles. The van der Waals surface area contributed by atoms with Gasteiger partial charge in [0.1, 0.15) is 11.6 Å². The van der Waals surface area contributed by atoms with Crippen molar-refractivity contribution in [2.24, 2.45) is 0 Å².